The zero-order chi connectivity index (χ0) is 31.0. The van der Waals surface area contributed by atoms with E-state index in [9.17, 15) is 9.59 Å². The van der Waals surface area contributed by atoms with Crippen molar-refractivity contribution in [3.63, 3.8) is 0 Å². The second kappa shape index (κ2) is 17.3. The average Bonchev–Trinajstić information content (AvgIpc) is 3.07. The third-order valence-electron chi connectivity index (χ3n) is 7.36. The van der Waals surface area contributed by atoms with Gasteiger partial charge in [-0.05, 0) is 60.8 Å². The second-order valence-corrected chi connectivity index (χ2v) is 10.5. The molecule has 0 spiro atoms. The van der Waals surface area contributed by atoms with E-state index in [1.54, 1.807) is 0 Å². The van der Waals surface area contributed by atoms with E-state index in [-0.39, 0.29) is 36.6 Å². The van der Waals surface area contributed by atoms with Gasteiger partial charge in [0, 0.05) is 0 Å². The minimum atomic E-state index is -0.244. The highest BCUT2D eigenvalue weighted by Gasteiger charge is 2.22. The van der Waals surface area contributed by atoms with Gasteiger partial charge in [-0.3, -0.25) is 9.59 Å². The molecule has 0 radical (unpaired) electrons. The van der Waals surface area contributed by atoms with E-state index in [4.69, 9.17) is 19.7 Å². The molecule has 0 aromatic heterocycles. The predicted molar refractivity (Wildman–Crippen MR) is 176 cm³/mol. The van der Waals surface area contributed by atoms with Gasteiger partial charge >= 0.3 is 11.9 Å². The Kier molecular flexibility index (Phi) is 12.6. The molecule has 0 amide bonds. The highest BCUT2D eigenvalue weighted by Crippen LogP contribution is 2.29. The van der Waals surface area contributed by atoms with Crippen molar-refractivity contribution in [1.82, 2.24) is 0 Å². The maximum Gasteiger partial charge on any atom is 0.306 e. The van der Waals surface area contributed by atoms with E-state index in [2.05, 4.69) is 0 Å². The van der Waals surface area contributed by atoms with Gasteiger partial charge in [-0.1, -0.05) is 121 Å². The van der Waals surface area contributed by atoms with Crippen LogP contribution in [-0.2, 0) is 19.1 Å². The zero-order valence-electron chi connectivity index (χ0n) is 25.5. The Bertz CT molecular complexity index is 1390. The van der Waals surface area contributed by atoms with E-state index in [1.807, 2.05) is 135 Å². The van der Waals surface area contributed by atoms with Crippen molar-refractivity contribution in [1.29, 1.82) is 0 Å². The van der Waals surface area contributed by atoms with Crippen LogP contribution in [0.4, 0.5) is 0 Å². The molecule has 4 aromatic rings. The van der Waals surface area contributed by atoms with Gasteiger partial charge in [0.1, 0.15) is 0 Å². The number of esters is 2. The summed E-state index contributed by atoms with van der Waals surface area (Å²) in [5.41, 5.74) is 5.46. The molecule has 6 heteroatoms. The van der Waals surface area contributed by atoms with Crippen LogP contribution in [0.5, 0.6) is 0 Å². The molecule has 4 rings (SSSR count). The molecule has 2 unspecified atom stereocenters. The summed E-state index contributed by atoms with van der Waals surface area (Å²) in [6.07, 6.45) is 1.44. The third-order valence-corrected chi connectivity index (χ3v) is 7.36. The molecule has 0 aliphatic heterocycles. The molecule has 226 valence electrons. The van der Waals surface area contributed by atoms with Crippen molar-refractivity contribution in [2.24, 2.45) is 10.2 Å². The van der Waals surface area contributed by atoms with Crippen molar-refractivity contribution in [3.8, 4) is 0 Å². The standard InChI is InChI=1S/C38H40N2O4/c1-3-43-37(41)27-33(29-17-9-5-10-18-29)25-35(31-21-13-7-14-22-31)39-40-36(32-23-15-8-16-24-32)26-34(28-38(42)44-4-2)30-19-11-6-12-20-30/h5-24,33-34H,3-4,25-28H2,1-2H3/b39-35+,40-36+. The fourth-order valence-corrected chi connectivity index (χ4v) is 5.19. The lowest BCUT2D eigenvalue weighted by atomic mass is 9.88. The quantitative estimate of drug-likeness (QED) is 0.0798. The van der Waals surface area contributed by atoms with Crippen LogP contribution in [-0.4, -0.2) is 36.6 Å². The number of rotatable bonds is 15. The van der Waals surface area contributed by atoms with Crippen LogP contribution < -0.4 is 0 Å². The Balaban J connectivity index is 1.76. The van der Waals surface area contributed by atoms with Gasteiger partial charge in [-0.2, -0.15) is 10.2 Å². The van der Waals surface area contributed by atoms with Gasteiger partial charge in [-0.15, -0.1) is 0 Å². The number of hydrogen-bond acceptors (Lipinski definition) is 6. The summed E-state index contributed by atoms with van der Waals surface area (Å²) in [6, 6.07) is 39.8. The summed E-state index contributed by atoms with van der Waals surface area (Å²) in [7, 11) is 0. The number of nitrogens with zero attached hydrogens (tertiary/aromatic N) is 2. The van der Waals surface area contributed by atoms with Crippen LogP contribution in [0.3, 0.4) is 0 Å². The van der Waals surface area contributed by atoms with Crippen LogP contribution in [0.15, 0.2) is 132 Å². The van der Waals surface area contributed by atoms with Gasteiger partial charge in [0.25, 0.3) is 0 Å². The monoisotopic (exact) mass is 588 g/mol. The molecule has 0 aliphatic carbocycles. The molecular formula is C38H40N2O4. The van der Waals surface area contributed by atoms with E-state index in [0.717, 1.165) is 33.7 Å². The summed E-state index contributed by atoms with van der Waals surface area (Å²) in [6.45, 7) is 4.30. The van der Waals surface area contributed by atoms with Crippen molar-refractivity contribution in [2.75, 3.05) is 13.2 Å². The van der Waals surface area contributed by atoms with E-state index >= 15 is 0 Å². The Morgan fingerprint density at radius 1 is 0.500 bits per heavy atom. The average molecular weight is 589 g/mol. The number of carbonyl (C=O) groups excluding carboxylic acids is 2. The molecule has 0 N–H and O–H groups in total. The van der Waals surface area contributed by atoms with E-state index in [1.165, 1.54) is 0 Å². The lowest BCUT2D eigenvalue weighted by Gasteiger charge is -2.19. The van der Waals surface area contributed by atoms with Crippen LogP contribution in [0.1, 0.15) is 73.6 Å². The minimum Gasteiger partial charge on any atom is -0.466 e. The highest BCUT2D eigenvalue weighted by atomic mass is 16.5. The first-order valence-electron chi connectivity index (χ1n) is 15.2. The van der Waals surface area contributed by atoms with Crippen LogP contribution >= 0.6 is 0 Å². The lowest BCUT2D eigenvalue weighted by molar-refractivity contribution is -0.144. The van der Waals surface area contributed by atoms with Crippen LogP contribution in [0.2, 0.25) is 0 Å². The molecule has 0 heterocycles. The Hall–Kier alpha value is -4.84. The van der Waals surface area contributed by atoms with Crippen molar-refractivity contribution in [2.45, 2.75) is 51.4 Å². The molecule has 0 saturated carbocycles. The normalized spacial score (nSPS) is 13.1. The van der Waals surface area contributed by atoms with Gasteiger partial charge in [0.15, 0.2) is 0 Å². The molecule has 0 fully saturated rings. The lowest BCUT2D eigenvalue weighted by Crippen LogP contribution is -2.16. The van der Waals surface area contributed by atoms with E-state index in [0.29, 0.717) is 26.1 Å². The van der Waals surface area contributed by atoms with Gasteiger partial charge in [0.2, 0.25) is 0 Å². The summed E-state index contributed by atoms with van der Waals surface area (Å²) in [4.78, 5) is 25.3. The molecule has 4 aromatic carbocycles. The topological polar surface area (TPSA) is 77.3 Å². The Morgan fingerprint density at radius 2 is 0.818 bits per heavy atom. The first kappa shape index (κ1) is 32.1. The van der Waals surface area contributed by atoms with Crippen molar-refractivity contribution in [3.05, 3.63) is 144 Å². The predicted octanol–water partition coefficient (Wildman–Crippen LogP) is 8.13. The SMILES string of the molecule is CCOC(=O)CC(C/C(=N\N=C(/CC(CC(=O)OCC)c1ccccc1)c1ccccc1)c1ccccc1)c1ccccc1. The largest absolute Gasteiger partial charge is 0.466 e. The molecular weight excluding hydrogens is 548 g/mol. The van der Waals surface area contributed by atoms with Crippen molar-refractivity contribution < 1.29 is 19.1 Å². The zero-order valence-corrected chi connectivity index (χ0v) is 25.5. The molecule has 0 aliphatic rings. The number of hydrogen-bond donors (Lipinski definition) is 0. The van der Waals surface area contributed by atoms with Gasteiger partial charge < -0.3 is 9.47 Å². The summed E-state index contributed by atoms with van der Waals surface area (Å²) in [5, 5.41) is 9.78. The molecule has 0 bridgehead atoms. The smallest absolute Gasteiger partial charge is 0.306 e. The van der Waals surface area contributed by atoms with Crippen LogP contribution in [0.25, 0.3) is 0 Å². The highest BCUT2D eigenvalue weighted by molar-refractivity contribution is 6.04. The third kappa shape index (κ3) is 9.87. The summed E-state index contributed by atoms with van der Waals surface area (Å²) in [5.74, 6) is -0.783. The molecule has 2 atom stereocenters. The maximum atomic E-state index is 12.7. The van der Waals surface area contributed by atoms with E-state index < -0.39 is 0 Å². The minimum absolute atomic E-state index is 0.148. The molecule has 6 nitrogen and oxygen atoms in total. The number of ether oxygens (including phenoxy) is 2. The maximum absolute atomic E-state index is 12.7. The number of benzene rings is 4. The Morgan fingerprint density at radius 3 is 1.14 bits per heavy atom. The van der Waals surface area contributed by atoms with Gasteiger partial charge in [0.05, 0.1) is 37.5 Å². The Labute approximate surface area is 260 Å². The first-order chi connectivity index (χ1) is 21.6. The fraction of sp³-hybridized carbons (Fsp3) is 0.263. The molecule has 44 heavy (non-hydrogen) atoms. The number of carbonyl (C=O) groups is 2. The van der Waals surface area contributed by atoms with Crippen LogP contribution in [0, 0.1) is 0 Å². The van der Waals surface area contributed by atoms with Crippen molar-refractivity contribution >= 4 is 23.4 Å². The second-order valence-electron chi connectivity index (χ2n) is 10.5. The summed E-state index contributed by atoms with van der Waals surface area (Å²) < 4.78 is 10.7. The molecule has 0 saturated heterocycles. The summed E-state index contributed by atoms with van der Waals surface area (Å²) >= 11 is 0. The fourth-order valence-electron chi connectivity index (χ4n) is 5.19. The van der Waals surface area contributed by atoms with Gasteiger partial charge in [-0.25, -0.2) is 0 Å². The first-order valence-corrected chi connectivity index (χ1v) is 15.2.